The normalized spacial score (nSPS) is 13.4. The van der Waals surface area contributed by atoms with Crippen molar-refractivity contribution >= 4 is 19.8 Å². The molecule has 0 saturated carbocycles. The Kier molecular flexibility index (Phi) is 65.5. The molecule has 10 heteroatoms. The molecular formula is C72H132NO8P. The Hall–Kier alpha value is -2.55. The Morgan fingerprint density at radius 1 is 0.378 bits per heavy atom. The van der Waals surface area contributed by atoms with Crippen molar-refractivity contribution in [3.8, 4) is 0 Å². The Balaban J connectivity index is 3.81. The predicted octanol–water partition coefficient (Wildman–Crippen LogP) is 22.8. The van der Waals surface area contributed by atoms with Crippen LogP contribution in [0.5, 0.6) is 0 Å². The first kappa shape index (κ1) is 79.5. The van der Waals surface area contributed by atoms with E-state index in [1.807, 2.05) is 0 Å². The van der Waals surface area contributed by atoms with E-state index in [4.69, 9.17) is 24.3 Å². The molecule has 0 amide bonds. The molecule has 82 heavy (non-hydrogen) atoms. The van der Waals surface area contributed by atoms with Gasteiger partial charge in [0.1, 0.15) is 6.61 Å². The number of hydrogen-bond acceptors (Lipinski definition) is 8. The highest BCUT2D eigenvalue weighted by atomic mass is 31.2. The SMILES string of the molecule is CC/C=C\C/C=C\C/C=C\C/C=C\C/C=C\C/C=C\CCCCCCCCCCCCCCCCCCCCCCC(=O)OC(COC(=O)CCCCCCCCCCCCCCCCCCCCCCCC)COP(=O)(O)OCCN. The Bertz CT molecular complexity index is 1570. The summed E-state index contributed by atoms with van der Waals surface area (Å²) in [5, 5.41) is 0. The molecule has 0 aliphatic heterocycles. The van der Waals surface area contributed by atoms with E-state index in [9.17, 15) is 19.0 Å². The van der Waals surface area contributed by atoms with Crippen LogP contribution in [0.3, 0.4) is 0 Å². The van der Waals surface area contributed by atoms with E-state index >= 15 is 0 Å². The van der Waals surface area contributed by atoms with Gasteiger partial charge < -0.3 is 20.1 Å². The predicted molar refractivity (Wildman–Crippen MR) is 353 cm³/mol. The van der Waals surface area contributed by atoms with Gasteiger partial charge in [0, 0.05) is 19.4 Å². The van der Waals surface area contributed by atoms with E-state index in [1.165, 1.54) is 238 Å². The second-order valence-corrected chi connectivity index (χ2v) is 24.8. The van der Waals surface area contributed by atoms with Gasteiger partial charge in [-0.05, 0) is 64.2 Å². The third kappa shape index (κ3) is 66.6. The molecule has 0 fully saturated rings. The summed E-state index contributed by atoms with van der Waals surface area (Å²) in [6, 6.07) is 0. The number of carbonyl (C=O) groups excluding carboxylic acids is 2. The maximum atomic E-state index is 12.8. The number of rotatable bonds is 66. The van der Waals surface area contributed by atoms with Gasteiger partial charge in [0.15, 0.2) is 6.10 Å². The van der Waals surface area contributed by atoms with Crippen LogP contribution in [0.15, 0.2) is 72.9 Å². The molecule has 0 rings (SSSR count). The van der Waals surface area contributed by atoms with Gasteiger partial charge >= 0.3 is 19.8 Å². The molecule has 0 saturated heterocycles. The lowest BCUT2D eigenvalue weighted by atomic mass is 10.0. The van der Waals surface area contributed by atoms with E-state index in [0.29, 0.717) is 6.42 Å². The highest BCUT2D eigenvalue weighted by molar-refractivity contribution is 7.47. The number of phosphoric acid groups is 1. The lowest BCUT2D eigenvalue weighted by molar-refractivity contribution is -0.161. The lowest BCUT2D eigenvalue weighted by Crippen LogP contribution is -2.29. The molecule has 0 aromatic rings. The zero-order valence-electron chi connectivity index (χ0n) is 53.7. The van der Waals surface area contributed by atoms with Gasteiger partial charge in [-0.1, -0.05) is 337 Å². The lowest BCUT2D eigenvalue weighted by Gasteiger charge is -2.19. The van der Waals surface area contributed by atoms with Crippen molar-refractivity contribution in [2.45, 2.75) is 347 Å². The fraction of sp³-hybridized carbons (Fsp3) is 0.806. The Morgan fingerprint density at radius 3 is 1.00 bits per heavy atom. The van der Waals surface area contributed by atoms with Gasteiger partial charge in [-0.3, -0.25) is 18.6 Å². The monoisotopic (exact) mass is 1170 g/mol. The van der Waals surface area contributed by atoms with Crippen molar-refractivity contribution in [1.82, 2.24) is 0 Å². The third-order valence-electron chi connectivity index (χ3n) is 15.4. The van der Waals surface area contributed by atoms with Gasteiger partial charge in [-0.2, -0.15) is 0 Å². The van der Waals surface area contributed by atoms with Crippen molar-refractivity contribution in [2.75, 3.05) is 26.4 Å². The molecule has 0 aromatic heterocycles. The summed E-state index contributed by atoms with van der Waals surface area (Å²) < 4.78 is 33.2. The van der Waals surface area contributed by atoms with Crippen LogP contribution in [0.25, 0.3) is 0 Å². The van der Waals surface area contributed by atoms with Gasteiger partial charge in [0.2, 0.25) is 0 Å². The minimum absolute atomic E-state index is 0.0549. The van der Waals surface area contributed by atoms with Crippen LogP contribution in [0.4, 0.5) is 0 Å². The second-order valence-electron chi connectivity index (χ2n) is 23.4. The zero-order chi connectivity index (χ0) is 59.4. The van der Waals surface area contributed by atoms with E-state index in [1.54, 1.807) is 0 Å². The molecule has 0 heterocycles. The highest BCUT2D eigenvalue weighted by Crippen LogP contribution is 2.43. The van der Waals surface area contributed by atoms with E-state index < -0.39 is 26.5 Å². The second kappa shape index (κ2) is 67.6. The first-order valence-electron chi connectivity index (χ1n) is 34.9. The number of carbonyl (C=O) groups is 2. The smallest absolute Gasteiger partial charge is 0.462 e. The molecule has 478 valence electrons. The molecule has 9 nitrogen and oxygen atoms in total. The molecule has 0 aromatic carbocycles. The van der Waals surface area contributed by atoms with Crippen LogP contribution in [0.2, 0.25) is 0 Å². The van der Waals surface area contributed by atoms with Crippen molar-refractivity contribution < 1.29 is 37.6 Å². The summed E-state index contributed by atoms with van der Waals surface area (Å²) in [6.07, 6.45) is 88.6. The summed E-state index contributed by atoms with van der Waals surface area (Å²) >= 11 is 0. The zero-order valence-corrected chi connectivity index (χ0v) is 54.6. The van der Waals surface area contributed by atoms with Crippen molar-refractivity contribution in [3.05, 3.63) is 72.9 Å². The molecule has 0 bridgehead atoms. The fourth-order valence-corrected chi connectivity index (χ4v) is 11.0. The maximum Gasteiger partial charge on any atom is 0.472 e. The summed E-state index contributed by atoms with van der Waals surface area (Å²) in [5.41, 5.74) is 5.40. The summed E-state index contributed by atoms with van der Waals surface area (Å²) in [4.78, 5) is 35.3. The Labute approximate surface area is 507 Å². The van der Waals surface area contributed by atoms with Crippen molar-refractivity contribution in [3.63, 3.8) is 0 Å². The molecular weight excluding hydrogens is 1040 g/mol. The van der Waals surface area contributed by atoms with Crippen LogP contribution in [0.1, 0.15) is 341 Å². The van der Waals surface area contributed by atoms with Gasteiger partial charge in [-0.15, -0.1) is 0 Å². The first-order chi connectivity index (χ1) is 40.3. The molecule has 0 aliphatic rings. The number of phosphoric ester groups is 1. The summed E-state index contributed by atoms with van der Waals surface area (Å²) in [5.74, 6) is -0.808. The minimum Gasteiger partial charge on any atom is -0.462 e. The molecule has 3 N–H and O–H groups in total. The summed E-state index contributed by atoms with van der Waals surface area (Å²) in [6.45, 7) is 3.69. The van der Waals surface area contributed by atoms with E-state index in [-0.39, 0.29) is 38.6 Å². The van der Waals surface area contributed by atoms with Gasteiger partial charge in [-0.25, -0.2) is 4.57 Å². The highest BCUT2D eigenvalue weighted by Gasteiger charge is 2.26. The van der Waals surface area contributed by atoms with Gasteiger partial charge in [0.05, 0.1) is 13.2 Å². The molecule has 0 radical (unpaired) electrons. The molecule has 0 aliphatic carbocycles. The quantitative estimate of drug-likeness (QED) is 0.0264. The third-order valence-corrected chi connectivity index (χ3v) is 16.3. The number of unbranched alkanes of at least 4 members (excludes halogenated alkanes) is 41. The van der Waals surface area contributed by atoms with Crippen molar-refractivity contribution in [2.24, 2.45) is 5.73 Å². The largest absolute Gasteiger partial charge is 0.472 e. The molecule has 2 atom stereocenters. The van der Waals surface area contributed by atoms with Crippen molar-refractivity contribution in [1.29, 1.82) is 0 Å². The maximum absolute atomic E-state index is 12.8. The van der Waals surface area contributed by atoms with Crippen LogP contribution in [-0.2, 0) is 32.7 Å². The topological polar surface area (TPSA) is 134 Å². The molecule has 2 unspecified atom stereocenters. The number of nitrogens with two attached hydrogens (primary N) is 1. The van der Waals surface area contributed by atoms with Crippen LogP contribution < -0.4 is 5.73 Å². The minimum atomic E-state index is -4.39. The van der Waals surface area contributed by atoms with Crippen LogP contribution in [0, 0.1) is 0 Å². The average molecular weight is 1170 g/mol. The van der Waals surface area contributed by atoms with E-state index in [0.717, 1.165) is 70.6 Å². The Morgan fingerprint density at radius 2 is 0.671 bits per heavy atom. The standard InChI is InChI=1S/C72H132NO8P/c1-3-5-7-9-11-13-15-17-19-21-23-25-27-28-29-30-31-32-33-34-35-36-37-38-39-40-41-42-43-45-47-49-51-53-55-57-59-61-63-65-72(75)81-70(69-80-82(76,77)79-67-66-73)68-78-71(74)64-62-60-58-56-54-52-50-48-46-44-26-24-22-20-18-16-14-12-10-8-6-4-2/h5,7,11,13,17,19,23,25,28-29,31-32,70H,3-4,6,8-10,12,14-16,18,20-22,24,26-27,30,33-69,73H2,1-2H3,(H,76,77)/b7-5-,13-11-,19-17-,25-23-,29-28-,32-31-. The molecule has 0 spiro atoms. The van der Waals surface area contributed by atoms with E-state index in [2.05, 4.69) is 86.8 Å². The van der Waals surface area contributed by atoms with Crippen LogP contribution in [-0.4, -0.2) is 49.3 Å². The number of allylic oxidation sites excluding steroid dienone is 12. The first-order valence-corrected chi connectivity index (χ1v) is 36.4. The number of ether oxygens (including phenoxy) is 2. The van der Waals surface area contributed by atoms with Gasteiger partial charge in [0.25, 0.3) is 0 Å². The summed E-state index contributed by atoms with van der Waals surface area (Å²) in [7, 11) is -4.39. The van der Waals surface area contributed by atoms with Crippen LogP contribution >= 0.6 is 7.82 Å². The number of esters is 2. The average Bonchev–Trinajstić information content (AvgIpc) is 3.48. The fourth-order valence-electron chi connectivity index (χ4n) is 10.2. The number of hydrogen-bond donors (Lipinski definition) is 2.